The van der Waals surface area contributed by atoms with Crippen molar-refractivity contribution in [2.24, 2.45) is 0 Å². The topological polar surface area (TPSA) is 78.1 Å². The molecule has 6 nitrogen and oxygen atoms in total. The molecule has 1 aliphatic heterocycles. The highest BCUT2D eigenvalue weighted by Gasteiger charge is 2.34. The van der Waals surface area contributed by atoms with Crippen LogP contribution in [0.15, 0.2) is 73.1 Å². The minimum atomic E-state index is -0.658. The fourth-order valence-corrected chi connectivity index (χ4v) is 4.15. The number of nitrogens with zero attached hydrogens (tertiary/aromatic N) is 2. The molecule has 0 saturated carbocycles. The number of aromatic amines is 1. The van der Waals surface area contributed by atoms with Crippen LogP contribution in [-0.2, 0) is 17.8 Å². The molecule has 1 aliphatic rings. The van der Waals surface area contributed by atoms with E-state index in [1.165, 1.54) is 0 Å². The van der Waals surface area contributed by atoms with Crippen molar-refractivity contribution in [1.29, 1.82) is 0 Å². The Morgan fingerprint density at radius 3 is 2.87 bits per heavy atom. The number of hydrogen-bond donors (Lipinski definition) is 2. The van der Waals surface area contributed by atoms with E-state index >= 15 is 0 Å². The fraction of sp³-hybridized carbons (Fsp3) is 0.125. The van der Waals surface area contributed by atoms with Crippen molar-refractivity contribution in [3.8, 4) is 0 Å². The number of benzene rings is 2. The van der Waals surface area contributed by atoms with Gasteiger partial charge in [0.15, 0.2) is 0 Å². The monoisotopic (exact) mass is 430 g/mol. The Hall–Kier alpha value is -3.64. The second kappa shape index (κ2) is 7.89. The van der Waals surface area contributed by atoms with Crippen molar-refractivity contribution >= 4 is 40.0 Å². The lowest BCUT2D eigenvalue weighted by Crippen LogP contribution is -2.52. The van der Waals surface area contributed by atoms with Crippen molar-refractivity contribution in [1.82, 2.24) is 15.3 Å². The summed E-state index contributed by atoms with van der Waals surface area (Å²) in [7, 11) is 0. The van der Waals surface area contributed by atoms with Gasteiger partial charge in [-0.3, -0.25) is 14.6 Å². The fourth-order valence-electron chi connectivity index (χ4n) is 3.97. The second-order valence-electron chi connectivity index (χ2n) is 7.56. The maximum absolute atomic E-state index is 13.3. The molecule has 2 N–H and O–H groups in total. The number of rotatable bonds is 4. The minimum Gasteiger partial charge on any atom is -0.351 e. The summed E-state index contributed by atoms with van der Waals surface area (Å²) in [5.74, 6) is -0.471. The van der Waals surface area contributed by atoms with Crippen LogP contribution in [0.2, 0.25) is 5.02 Å². The van der Waals surface area contributed by atoms with Gasteiger partial charge in [-0.2, -0.15) is 0 Å². The Kier molecular flexibility index (Phi) is 4.92. The van der Waals surface area contributed by atoms with Gasteiger partial charge in [0.1, 0.15) is 11.7 Å². The van der Waals surface area contributed by atoms with Gasteiger partial charge in [0.25, 0.3) is 5.91 Å². The molecule has 31 heavy (non-hydrogen) atoms. The molecule has 0 spiro atoms. The third-order valence-corrected chi connectivity index (χ3v) is 5.70. The van der Waals surface area contributed by atoms with E-state index in [-0.39, 0.29) is 11.8 Å². The van der Waals surface area contributed by atoms with Crippen molar-refractivity contribution in [2.45, 2.75) is 19.0 Å². The van der Waals surface area contributed by atoms with Crippen LogP contribution in [0.25, 0.3) is 10.9 Å². The lowest BCUT2D eigenvalue weighted by molar-refractivity contribution is -0.120. The molecule has 154 valence electrons. The van der Waals surface area contributed by atoms with Crippen LogP contribution in [0.5, 0.6) is 0 Å². The number of fused-ring (bicyclic) bond motifs is 2. The first-order chi connectivity index (χ1) is 15.1. The number of nitrogens with one attached hydrogen (secondary N) is 2. The quantitative estimate of drug-likeness (QED) is 0.511. The molecular weight excluding hydrogens is 412 g/mol. The number of H-pyrrole nitrogens is 1. The van der Waals surface area contributed by atoms with Crippen molar-refractivity contribution < 1.29 is 9.59 Å². The third kappa shape index (κ3) is 3.78. The number of anilines is 1. The second-order valence-corrected chi connectivity index (χ2v) is 8.00. The molecule has 0 saturated heterocycles. The smallest absolute Gasteiger partial charge is 0.268 e. The molecule has 2 amide bonds. The van der Waals surface area contributed by atoms with E-state index in [4.69, 9.17) is 11.6 Å². The van der Waals surface area contributed by atoms with Gasteiger partial charge in [-0.15, -0.1) is 0 Å². The number of para-hydroxylation sites is 1. The summed E-state index contributed by atoms with van der Waals surface area (Å²) in [6.45, 7) is 0.390. The average Bonchev–Trinajstić information content (AvgIpc) is 3.21. The number of halogens is 1. The zero-order chi connectivity index (χ0) is 21.4. The highest BCUT2D eigenvalue weighted by molar-refractivity contribution is 6.31. The normalized spacial score (nSPS) is 15.7. The predicted molar refractivity (Wildman–Crippen MR) is 120 cm³/mol. The first kappa shape index (κ1) is 19.3. The van der Waals surface area contributed by atoms with Crippen molar-refractivity contribution in [2.75, 3.05) is 4.90 Å². The number of amides is 2. The van der Waals surface area contributed by atoms with Gasteiger partial charge in [0.2, 0.25) is 5.91 Å². The molecule has 4 aromatic rings. The molecule has 0 bridgehead atoms. The lowest BCUT2D eigenvalue weighted by atomic mass is 9.96. The van der Waals surface area contributed by atoms with Gasteiger partial charge in [-0.1, -0.05) is 35.9 Å². The summed E-state index contributed by atoms with van der Waals surface area (Å²) in [4.78, 5) is 35.2. The van der Waals surface area contributed by atoms with E-state index in [0.29, 0.717) is 23.7 Å². The summed E-state index contributed by atoms with van der Waals surface area (Å²) in [5.41, 5.74) is 4.00. The number of carbonyl (C=O) groups is 2. The summed E-state index contributed by atoms with van der Waals surface area (Å²) >= 11 is 6.04. The molecule has 5 rings (SSSR count). The Bertz CT molecular complexity index is 1290. The standard InChI is InChI=1S/C24H19ClN4O2/c25-18-7-8-19-17(10-18)12-20(27-19)23(30)28-21-11-16-5-1-2-6-22(16)29(24(21)31)14-15-4-3-9-26-13-15/h1-10,12-13,21,27H,11,14H2,(H,28,30)/t21-/m0/s1. The zero-order valence-corrected chi connectivity index (χ0v) is 17.3. The van der Waals surface area contributed by atoms with Crippen LogP contribution in [-0.4, -0.2) is 27.8 Å². The van der Waals surface area contributed by atoms with Crippen LogP contribution in [0.4, 0.5) is 5.69 Å². The molecule has 0 aliphatic carbocycles. The predicted octanol–water partition coefficient (Wildman–Crippen LogP) is 4.10. The molecule has 0 unspecified atom stereocenters. The van der Waals surface area contributed by atoms with Gasteiger partial charge in [-0.25, -0.2) is 0 Å². The van der Waals surface area contributed by atoms with E-state index in [9.17, 15) is 9.59 Å². The molecule has 0 radical (unpaired) electrons. The Morgan fingerprint density at radius 1 is 1.16 bits per heavy atom. The number of carbonyl (C=O) groups excluding carboxylic acids is 2. The average molecular weight is 431 g/mol. The molecule has 7 heteroatoms. The van der Waals surface area contributed by atoms with Crippen molar-refractivity contribution in [3.63, 3.8) is 0 Å². The van der Waals surface area contributed by atoms with Gasteiger partial charge in [0, 0.05) is 40.4 Å². The Morgan fingerprint density at radius 2 is 2.03 bits per heavy atom. The summed E-state index contributed by atoms with van der Waals surface area (Å²) in [5, 5.41) is 4.35. The molecule has 2 aromatic heterocycles. The van der Waals surface area contributed by atoms with Crippen LogP contribution >= 0.6 is 11.6 Å². The van der Waals surface area contributed by atoms with E-state index in [1.807, 2.05) is 42.5 Å². The highest BCUT2D eigenvalue weighted by atomic mass is 35.5. The van der Waals surface area contributed by atoms with Gasteiger partial charge in [-0.05, 0) is 47.5 Å². The molecule has 3 heterocycles. The molecule has 0 fully saturated rings. The zero-order valence-electron chi connectivity index (χ0n) is 16.5. The van der Waals surface area contributed by atoms with Crippen molar-refractivity contribution in [3.05, 3.63) is 94.9 Å². The van der Waals surface area contributed by atoms with Crippen LogP contribution < -0.4 is 10.2 Å². The summed E-state index contributed by atoms with van der Waals surface area (Å²) in [6.07, 6.45) is 3.88. The minimum absolute atomic E-state index is 0.143. The maximum Gasteiger partial charge on any atom is 0.268 e. The number of hydrogen-bond acceptors (Lipinski definition) is 3. The van der Waals surface area contributed by atoms with Crippen LogP contribution in [0.1, 0.15) is 21.6 Å². The van der Waals surface area contributed by atoms with Gasteiger partial charge >= 0.3 is 0 Å². The Labute approximate surface area is 183 Å². The number of pyridine rings is 1. The maximum atomic E-state index is 13.3. The molecule has 2 aromatic carbocycles. The summed E-state index contributed by atoms with van der Waals surface area (Å²) in [6, 6.07) is 18.0. The summed E-state index contributed by atoms with van der Waals surface area (Å²) < 4.78 is 0. The Balaban J connectivity index is 1.42. The van der Waals surface area contributed by atoms with Crippen LogP contribution in [0, 0.1) is 0 Å². The van der Waals surface area contributed by atoms with Crippen LogP contribution in [0.3, 0.4) is 0 Å². The highest BCUT2D eigenvalue weighted by Crippen LogP contribution is 2.29. The molecular formula is C24H19ClN4O2. The van der Waals surface area contributed by atoms with E-state index < -0.39 is 6.04 Å². The van der Waals surface area contributed by atoms with Gasteiger partial charge in [0.05, 0.1) is 6.54 Å². The number of aromatic nitrogens is 2. The van der Waals surface area contributed by atoms with Gasteiger partial charge < -0.3 is 15.2 Å². The third-order valence-electron chi connectivity index (χ3n) is 5.47. The first-order valence-corrected chi connectivity index (χ1v) is 10.3. The van der Waals surface area contributed by atoms with E-state index in [1.54, 1.807) is 35.5 Å². The lowest BCUT2D eigenvalue weighted by Gasteiger charge is -2.34. The largest absolute Gasteiger partial charge is 0.351 e. The van der Waals surface area contributed by atoms with E-state index in [2.05, 4.69) is 15.3 Å². The SMILES string of the molecule is O=C(N[C@H]1Cc2ccccc2N(Cc2cccnc2)C1=O)c1cc2cc(Cl)ccc2[nH]1. The molecule has 1 atom stereocenters. The van der Waals surface area contributed by atoms with E-state index in [0.717, 1.165) is 27.7 Å². The first-order valence-electron chi connectivity index (χ1n) is 9.96.